The number of hydrogen-bond donors (Lipinski definition) is 1. The van der Waals surface area contributed by atoms with E-state index in [1.807, 2.05) is 37.3 Å². The first-order valence-electron chi connectivity index (χ1n) is 11.9. The van der Waals surface area contributed by atoms with Crippen molar-refractivity contribution < 1.29 is 9.53 Å². The Hall–Kier alpha value is -3.67. The number of aryl methyl sites for hydroxylation is 1. The summed E-state index contributed by atoms with van der Waals surface area (Å²) in [6.45, 7) is 7.81. The maximum atomic E-state index is 12.7. The Balaban J connectivity index is 1.42. The predicted molar refractivity (Wildman–Crippen MR) is 135 cm³/mol. The van der Waals surface area contributed by atoms with Gasteiger partial charge in [-0.05, 0) is 61.6 Å². The lowest BCUT2D eigenvalue weighted by Gasteiger charge is -2.17. The number of benzene rings is 2. The minimum absolute atomic E-state index is 0.134. The van der Waals surface area contributed by atoms with Gasteiger partial charge in [0.2, 0.25) is 0 Å². The average molecular weight is 457 g/mol. The van der Waals surface area contributed by atoms with Gasteiger partial charge in [-0.2, -0.15) is 0 Å². The molecule has 0 fully saturated rings. The standard InChI is InChI=1S/C28H32N4O2/c1-20(2)23-10-4-7-13-26(23)34-19-9-8-18-32-25-12-6-5-11-24(25)31-27(32)21(3)30-28(33)22-14-16-29-17-15-22/h4-7,10-17,20-21H,8-9,18-19H2,1-3H3,(H,30,33). The third kappa shape index (κ3) is 5.45. The molecule has 0 aliphatic carbocycles. The quantitative estimate of drug-likeness (QED) is 0.301. The molecule has 0 spiro atoms. The van der Waals surface area contributed by atoms with Crippen molar-refractivity contribution >= 4 is 16.9 Å². The molecule has 0 bridgehead atoms. The lowest BCUT2D eigenvalue weighted by Crippen LogP contribution is -2.28. The molecule has 1 N–H and O–H groups in total. The summed E-state index contributed by atoms with van der Waals surface area (Å²) in [4.78, 5) is 21.5. The van der Waals surface area contributed by atoms with E-state index >= 15 is 0 Å². The van der Waals surface area contributed by atoms with Crippen LogP contribution in [0.25, 0.3) is 11.0 Å². The Morgan fingerprint density at radius 2 is 1.71 bits per heavy atom. The molecule has 34 heavy (non-hydrogen) atoms. The first-order valence-corrected chi connectivity index (χ1v) is 11.9. The fraction of sp³-hybridized carbons (Fsp3) is 0.321. The van der Waals surface area contributed by atoms with Gasteiger partial charge in [0.15, 0.2) is 0 Å². The highest BCUT2D eigenvalue weighted by Crippen LogP contribution is 2.26. The van der Waals surface area contributed by atoms with Crippen molar-refractivity contribution in [2.75, 3.05) is 6.61 Å². The second-order valence-corrected chi connectivity index (χ2v) is 8.79. The number of rotatable bonds is 10. The minimum atomic E-state index is -0.234. The van der Waals surface area contributed by atoms with Crippen LogP contribution < -0.4 is 10.1 Å². The average Bonchev–Trinajstić information content (AvgIpc) is 3.23. The van der Waals surface area contributed by atoms with Gasteiger partial charge in [-0.1, -0.05) is 44.2 Å². The van der Waals surface area contributed by atoms with Gasteiger partial charge in [0.25, 0.3) is 5.91 Å². The number of aromatic nitrogens is 3. The molecule has 2 heterocycles. The van der Waals surface area contributed by atoms with Crippen molar-refractivity contribution in [1.82, 2.24) is 19.9 Å². The zero-order valence-electron chi connectivity index (χ0n) is 20.1. The van der Waals surface area contributed by atoms with Crippen LogP contribution in [0.2, 0.25) is 0 Å². The van der Waals surface area contributed by atoms with Gasteiger partial charge in [0, 0.05) is 24.5 Å². The third-order valence-electron chi connectivity index (χ3n) is 5.94. The first-order chi connectivity index (χ1) is 16.5. The number of nitrogens with zero attached hydrogens (tertiary/aromatic N) is 3. The van der Waals surface area contributed by atoms with E-state index in [2.05, 4.69) is 46.9 Å². The van der Waals surface area contributed by atoms with Gasteiger partial charge < -0.3 is 14.6 Å². The first kappa shape index (κ1) is 23.5. The third-order valence-corrected chi connectivity index (χ3v) is 5.94. The Bertz CT molecular complexity index is 1230. The molecule has 0 aliphatic rings. The molecule has 0 aliphatic heterocycles. The fourth-order valence-corrected chi connectivity index (χ4v) is 4.15. The number of pyridine rings is 1. The molecular formula is C28H32N4O2. The SMILES string of the molecule is CC(C)c1ccccc1OCCCCn1c(C(C)NC(=O)c2ccncc2)nc2ccccc21. The number of hydrogen-bond acceptors (Lipinski definition) is 4. The number of amides is 1. The van der Waals surface area contributed by atoms with E-state index in [4.69, 9.17) is 9.72 Å². The van der Waals surface area contributed by atoms with Gasteiger partial charge in [-0.15, -0.1) is 0 Å². The fourth-order valence-electron chi connectivity index (χ4n) is 4.15. The largest absolute Gasteiger partial charge is 0.493 e. The topological polar surface area (TPSA) is 69.0 Å². The summed E-state index contributed by atoms with van der Waals surface area (Å²) in [5.74, 6) is 2.12. The van der Waals surface area contributed by atoms with E-state index in [9.17, 15) is 4.79 Å². The molecule has 6 nitrogen and oxygen atoms in total. The van der Waals surface area contributed by atoms with Crippen LogP contribution in [0.4, 0.5) is 0 Å². The number of carbonyl (C=O) groups excluding carboxylic acids is 1. The van der Waals surface area contributed by atoms with Crippen LogP contribution in [0, 0.1) is 0 Å². The van der Waals surface area contributed by atoms with E-state index in [0.29, 0.717) is 18.1 Å². The molecule has 0 saturated heterocycles. The van der Waals surface area contributed by atoms with E-state index in [0.717, 1.165) is 42.0 Å². The smallest absolute Gasteiger partial charge is 0.251 e. The number of imidazole rings is 1. The zero-order valence-corrected chi connectivity index (χ0v) is 20.1. The summed E-state index contributed by atoms with van der Waals surface area (Å²) >= 11 is 0. The van der Waals surface area contributed by atoms with Crippen molar-refractivity contribution in [2.24, 2.45) is 0 Å². The van der Waals surface area contributed by atoms with Gasteiger partial charge in [0.05, 0.1) is 23.7 Å². The molecule has 4 aromatic rings. The van der Waals surface area contributed by atoms with E-state index in [1.165, 1.54) is 5.56 Å². The molecule has 2 aromatic heterocycles. The minimum Gasteiger partial charge on any atom is -0.493 e. The highest BCUT2D eigenvalue weighted by Gasteiger charge is 2.19. The number of fused-ring (bicyclic) bond motifs is 1. The molecule has 4 rings (SSSR count). The summed E-state index contributed by atoms with van der Waals surface area (Å²) in [7, 11) is 0. The summed E-state index contributed by atoms with van der Waals surface area (Å²) in [5.41, 5.74) is 3.84. The molecule has 176 valence electrons. The van der Waals surface area contributed by atoms with E-state index in [-0.39, 0.29) is 11.9 Å². The molecule has 0 radical (unpaired) electrons. The van der Waals surface area contributed by atoms with Gasteiger partial charge in [-0.25, -0.2) is 4.98 Å². The Morgan fingerprint density at radius 1 is 0.971 bits per heavy atom. The Morgan fingerprint density at radius 3 is 2.50 bits per heavy atom. The van der Waals surface area contributed by atoms with Crippen molar-refractivity contribution in [1.29, 1.82) is 0 Å². The number of ether oxygens (including phenoxy) is 1. The molecule has 1 amide bonds. The van der Waals surface area contributed by atoms with Crippen LogP contribution in [-0.2, 0) is 6.54 Å². The highest BCUT2D eigenvalue weighted by molar-refractivity contribution is 5.94. The zero-order chi connectivity index (χ0) is 23.9. The molecule has 1 unspecified atom stereocenters. The van der Waals surface area contributed by atoms with E-state index in [1.54, 1.807) is 24.5 Å². The predicted octanol–water partition coefficient (Wildman–Crippen LogP) is 5.90. The number of carbonyl (C=O) groups is 1. The van der Waals surface area contributed by atoms with Crippen molar-refractivity contribution in [2.45, 2.75) is 52.1 Å². The molecule has 2 aromatic carbocycles. The number of para-hydroxylation sites is 3. The molecule has 6 heteroatoms. The van der Waals surface area contributed by atoms with Crippen LogP contribution in [0.5, 0.6) is 5.75 Å². The van der Waals surface area contributed by atoms with Crippen LogP contribution in [0.3, 0.4) is 0 Å². The van der Waals surface area contributed by atoms with E-state index < -0.39 is 0 Å². The summed E-state index contributed by atoms with van der Waals surface area (Å²) in [6.07, 6.45) is 5.12. The van der Waals surface area contributed by atoms with Gasteiger partial charge in [-0.3, -0.25) is 9.78 Å². The Labute approximate surface area is 201 Å². The van der Waals surface area contributed by atoms with Crippen LogP contribution in [0.15, 0.2) is 73.1 Å². The summed E-state index contributed by atoms with van der Waals surface area (Å²) in [5, 5.41) is 3.08. The van der Waals surface area contributed by atoms with Crippen molar-refractivity contribution in [3.05, 3.63) is 90.0 Å². The molecule has 1 atom stereocenters. The van der Waals surface area contributed by atoms with Crippen LogP contribution in [0.1, 0.15) is 67.3 Å². The maximum Gasteiger partial charge on any atom is 0.251 e. The van der Waals surface area contributed by atoms with Crippen LogP contribution in [-0.4, -0.2) is 27.0 Å². The van der Waals surface area contributed by atoms with Crippen molar-refractivity contribution in [3.63, 3.8) is 0 Å². The van der Waals surface area contributed by atoms with Crippen LogP contribution >= 0.6 is 0 Å². The summed E-state index contributed by atoms with van der Waals surface area (Å²) < 4.78 is 8.31. The Kier molecular flexibility index (Phi) is 7.58. The second-order valence-electron chi connectivity index (χ2n) is 8.79. The normalized spacial score (nSPS) is 12.1. The lowest BCUT2D eigenvalue weighted by atomic mass is 10.0. The highest BCUT2D eigenvalue weighted by atomic mass is 16.5. The lowest BCUT2D eigenvalue weighted by molar-refractivity contribution is 0.0937. The number of nitrogens with one attached hydrogen (secondary N) is 1. The van der Waals surface area contributed by atoms with Crippen molar-refractivity contribution in [3.8, 4) is 5.75 Å². The van der Waals surface area contributed by atoms with Gasteiger partial charge in [0.1, 0.15) is 11.6 Å². The number of unbranched alkanes of at least 4 members (excludes halogenated alkanes) is 1. The second kappa shape index (κ2) is 11.0. The van der Waals surface area contributed by atoms with Gasteiger partial charge >= 0.3 is 0 Å². The molecular weight excluding hydrogens is 424 g/mol. The monoisotopic (exact) mass is 456 g/mol. The summed E-state index contributed by atoms with van der Waals surface area (Å²) in [6, 6.07) is 19.6. The molecule has 0 saturated carbocycles. The maximum absolute atomic E-state index is 12.7.